The lowest BCUT2D eigenvalue weighted by atomic mass is 9.95. The third-order valence-electron chi connectivity index (χ3n) is 5.94. The third-order valence-corrected chi connectivity index (χ3v) is 7.14. The molecule has 0 fully saturated rings. The summed E-state index contributed by atoms with van der Waals surface area (Å²) in [5, 5.41) is 3.78. The van der Waals surface area contributed by atoms with Gasteiger partial charge in [0.05, 0.1) is 5.56 Å². The first-order valence-corrected chi connectivity index (χ1v) is 12.5. The zero-order valence-corrected chi connectivity index (χ0v) is 20.0. The van der Waals surface area contributed by atoms with Crippen molar-refractivity contribution in [2.24, 2.45) is 4.99 Å². The van der Waals surface area contributed by atoms with E-state index in [1.807, 2.05) is 54.6 Å². The quantitative estimate of drug-likeness (QED) is 0.279. The molecule has 0 saturated carbocycles. The molecule has 1 amide bonds. The van der Waals surface area contributed by atoms with Crippen LogP contribution in [0.15, 0.2) is 83.9 Å². The predicted octanol–water partition coefficient (Wildman–Crippen LogP) is 7.35. The van der Waals surface area contributed by atoms with Gasteiger partial charge in [0.1, 0.15) is 23.2 Å². The number of para-hydroxylation sites is 1. The molecule has 0 spiro atoms. The van der Waals surface area contributed by atoms with Crippen molar-refractivity contribution in [3.8, 4) is 5.75 Å². The number of ether oxygens (including phenoxy) is 1. The maximum absolute atomic E-state index is 13.2. The minimum atomic E-state index is -0.260. The zero-order valence-electron chi connectivity index (χ0n) is 19.2. The molecule has 176 valence electrons. The Morgan fingerprint density at radius 2 is 1.71 bits per heavy atom. The number of nitrogens with zero attached hydrogens (tertiary/aromatic N) is 1. The molecule has 0 radical (unpaired) electrons. The number of amides is 1. The van der Waals surface area contributed by atoms with Crippen molar-refractivity contribution in [2.75, 3.05) is 5.32 Å². The molecule has 0 bridgehead atoms. The molecule has 1 aliphatic carbocycles. The Kier molecular flexibility index (Phi) is 7.00. The number of thiophene rings is 1. The Morgan fingerprint density at radius 1 is 0.971 bits per heavy atom. The van der Waals surface area contributed by atoms with Gasteiger partial charge in [-0.1, -0.05) is 30.3 Å². The molecule has 5 rings (SSSR count). The summed E-state index contributed by atoms with van der Waals surface area (Å²) in [6, 6.07) is 23.4. The molecular formula is C29H25FN2O2S. The lowest BCUT2D eigenvalue weighted by Gasteiger charge is -2.12. The normalized spacial score (nSPS) is 12.9. The van der Waals surface area contributed by atoms with Crippen LogP contribution in [0.25, 0.3) is 0 Å². The molecule has 4 nitrogen and oxygen atoms in total. The smallest absolute Gasteiger partial charge is 0.259 e. The van der Waals surface area contributed by atoms with Crippen LogP contribution in [0, 0.1) is 5.82 Å². The van der Waals surface area contributed by atoms with E-state index in [0.29, 0.717) is 12.2 Å². The van der Waals surface area contributed by atoms with Crippen LogP contribution < -0.4 is 10.1 Å². The van der Waals surface area contributed by atoms with Gasteiger partial charge in [-0.25, -0.2) is 9.38 Å². The Balaban J connectivity index is 1.31. The van der Waals surface area contributed by atoms with Gasteiger partial charge in [0.25, 0.3) is 5.91 Å². The van der Waals surface area contributed by atoms with Crippen LogP contribution in [0.2, 0.25) is 0 Å². The van der Waals surface area contributed by atoms with E-state index >= 15 is 0 Å². The van der Waals surface area contributed by atoms with E-state index in [1.165, 1.54) is 17.0 Å². The monoisotopic (exact) mass is 484 g/mol. The van der Waals surface area contributed by atoms with Crippen LogP contribution >= 0.6 is 11.3 Å². The van der Waals surface area contributed by atoms with Crippen molar-refractivity contribution < 1.29 is 13.9 Å². The van der Waals surface area contributed by atoms with Crippen LogP contribution in [0.5, 0.6) is 5.75 Å². The summed E-state index contributed by atoms with van der Waals surface area (Å²) in [5.41, 5.74) is 4.44. The van der Waals surface area contributed by atoms with E-state index in [1.54, 1.807) is 29.7 Å². The van der Waals surface area contributed by atoms with Gasteiger partial charge in [-0.15, -0.1) is 11.3 Å². The highest BCUT2D eigenvalue weighted by molar-refractivity contribution is 7.16. The molecular weight excluding hydrogens is 459 g/mol. The molecule has 1 N–H and O–H groups in total. The van der Waals surface area contributed by atoms with Gasteiger partial charge in [0.2, 0.25) is 0 Å². The second kappa shape index (κ2) is 10.7. The molecule has 6 heteroatoms. The standard InChI is InChI=1S/C29H25FN2O2S/c30-22-14-10-21(11-15-22)19-34-24-16-12-20(13-17-24)18-31-29-27(25-8-4-5-9-26(25)35-29)28(33)32-23-6-2-1-3-7-23/h1-3,6-7,10-18H,4-5,8-9,19H2,(H,32,33). The first-order chi connectivity index (χ1) is 17.2. The summed E-state index contributed by atoms with van der Waals surface area (Å²) in [6.45, 7) is 0.369. The number of aryl methyl sites for hydroxylation is 1. The van der Waals surface area contributed by atoms with Gasteiger partial charge in [0, 0.05) is 16.8 Å². The van der Waals surface area contributed by atoms with Gasteiger partial charge in [0.15, 0.2) is 0 Å². The van der Waals surface area contributed by atoms with Crippen molar-refractivity contribution in [1.29, 1.82) is 0 Å². The van der Waals surface area contributed by atoms with Crippen molar-refractivity contribution >= 4 is 34.1 Å². The number of anilines is 1. The minimum absolute atomic E-state index is 0.104. The van der Waals surface area contributed by atoms with Crippen LogP contribution in [-0.4, -0.2) is 12.1 Å². The van der Waals surface area contributed by atoms with E-state index in [4.69, 9.17) is 9.73 Å². The Bertz CT molecular complexity index is 1330. The van der Waals surface area contributed by atoms with Crippen molar-refractivity contribution in [2.45, 2.75) is 32.3 Å². The topological polar surface area (TPSA) is 50.7 Å². The van der Waals surface area contributed by atoms with Gasteiger partial charge in [-0.05, 0) is 90.9 Å². The third kappa shape index (κ3) is 5.66. The Hall–Kier alpha value is -3.77. The highest BCUT2D eigenvalue weighted by atomic mass is 32.1. The predicted molar refractivity (Wildman–Crippen MR) is 140 cm³/mol. The molecule has 0 unspecified atom stereocenters. The van der Waals surface area contributed by atoms with Crippen LogP contribution in [-0.2, 0) is 19.4 Å². The number of carbonyl (C=O) groups is 1. The van der Waals surface area contributed by atoms with E-state index in [0.717, 1.165) is 58.8 Å². The van der Waals surface area contributed by atoms with E-state index in [2.05, 4.69) is 5.32 Å². The number of rotatable bonds is 7. The summed E-state index contributed by atoms with van der Waals surface area (Å²) in [4.78, 5) is 19.2. The van der Waals surface area contributed by atoms with Crippen LogP contribution in [0.1, 0.15) is 44.8 Å². The summed E-state index contributed by atoms with van der Waals surface area (Å²) < 4.78 is 18.8. The van der Waals surface area contributed by atoms with Gasteiger partial charge in [-0.3, -0.25) is 4.79 Å². The number of aliphatic imine (C=N–C) groups is 1. The molecule has 1 heterocycles. The van der Waals surface area contributed by atoms with Gasteiger partial charge in [-0.2, -0.15) is 0 Å². The Labute approximate surface area is 208 Å². The summed E-state index contributed by atoms with van der Waals surface area (Å²) >= 11 is 1.62. The summed E-state index contributed by atoms with van der Waals surface area (Å²) in [7, 11) is 0. The first kappa shape index (κ1) is 23.0. The number of carbonyl (C=O) groups excluding carboxylic acids is 1. The summed E-state index contributed by atoms with van der Waals surface area (Å²) in [6.07, 6.45) is 5.95. The van der Waals surface area contributed by atoms with Crippen molar-refractivity contribution in [3.63, 3.8) is 0 Å². The fourth-order valence-electron chi connectivity index (χ4n) is 4.12. The average molecular weight is 485 g/mol. The van der Waals surface area contributed by atoms with E-state index in [9.17, 15) is 9.18 Å². The average Bonchev–Trinajstić information content (AvgIpc) is 3.27. The SMILES string of the molecule is O=C(Nc1ccccc1)c1c(N=Cc2ccc(OCc3ccc(F)cc3)cc2)sc2c1CCCC2. The number of fused-ring (bicyclic) bond motifs is 1. The van der Waals surface area contributed by atoms with Gasteiger partial charge < -0.3 is 10.1 Å². The fraction of sp³-hybridized carbons (Fsp3) is 0.172. The molecule has 4 aromatic rings. The van der Waals surface area contributed by atoms with E-state index in [-0.39, 0.29) is 11.7 Å². The second-order valence-corrected chi connectivity index (χ2v) is 9.54. The molecule has 0 aliphatic heterocycles. The number of halogens is 1. The summed E-state index contributed by atoms with van der Waals surface area (Å²) in [5.74, 6) is 0.359. The lowest BCUT2D eigenvalue weighted by molar-refractivity contribution is 0.102. The molecule has 1 aromatic heterocycles. The lowest BCUT2D eigenvalue weighted by Crippen LogP contribution is -2.14. The van der Waals surface area contributed by atoms with E-state index < -0.39 is 0 Å². The fourth-order valence-corrected chi connectivity index (χ4v) is 5.35. The molecule has 35 heavy (non-hydrogen) atoms. The number of hydrogen-bond donors (Lipinski definition) is 1. The zero-order chi connectivity index (χ0) is 24.0. The number of benzene rings is 3. The molecule has 3 aromatic carbocycles. The highest BCUT2D eigenvalue weighted by Crippen LogP contribution is 2.40. The molecule has 0 atom stereocenters. The molecule has 1 aliphatic rings. The number of nitrogens with one attached hydrogen (secondary N) is 1. The molecule has 0 saturated heterocycles. The largest absolute Gasteiger partial charge is 0.489 e. The van der Waals surface area contributed by atoms with Crippen molar-refractivity contribution in [3.05, 3.63) is 112 Å². The minimum Gasteiger partial charge on any atom is -0.489 e. The van der Waals surface area contributed by atoms with Gasteiger partial charge >= 0.3 is 0 Å². The maximum Gasteiger partial charge on any atom is 0.259 e. The number of hydrogen-bond acceptors (Lipinski definition) is 4. The maximum atomic E-state index is 13.2. The van der Waals surface area contributed by atoms with Crippen LogP contribution in [0.4, 0.5) is 15.1 Å². The first-order valence-electron chi connectivity index (χ1n) is 11.7. The highest BCUT2D eigenvalue weighted by Gasteiger charge is 2.25. The Morgan fingerprint density at radius 3 is 2.49 bits per heavy atom. The van der Waals surface area contributed by atoms with Crippen LogP contribution in [0.3, 0.4) is 0 Å². The second-order valence-electron chi connectivity index (χ2n) is 8.45. The van der Waals surface area contributed by atoms with Crippen molar-refractivity contribution in [1.82, 2.24) is 0 Å².